The van der Waals surface area contributed by atoms with Crippen LogP contribution in [-0.2, 0) is 4.74 Å². The standard InChI is InChI=1S/C17H17NO2/c19-17(18-10-5-11-20-13-18)16-9-4-8-15(12-16)14-6-2-1-3-7-14/h1-4,6-9,12H,5,10-11,13H2. The van der Waals surface area contributed by atoms with E-state index in [0.717, 1.165) is 36.3 Å². The molecule has 0 aromatic heterocycles. The van der Waals surface area contributed by atoms with E-state index in [4.69, 9.17) is 4.74 Å². The number of carbonyl (C=O) groups excluding carboxylic acids is 1. The van der Waals surface area contributed by atoms with Crippen molar-refractivity contribution in [3.63, 3.8) is 0 Å². The van der Waals surface area contributed by atoms with E-state index >= 15 is 0 Å². The lowest BCUT2D eigenvalue weighted by Crippen LogP contribution is -2.38. The van der Waals surface area contributed by atoms with Gasteiger partial charge in [0, 0.05) is 12.1 Å². The van der Waals surface area contributed by atoms with Gasteiger partial charge in [0.15, 0.2) is 0 Å². The second-order valence-electron chi connectivity index (χ2n) is 4.91. The van der Waals surface area contributed by atoms with Gasteiger partial charge in [0.1, 0.15) is 6.73 Å². The van der Waals surface area contributed by atoms with E-state index in [9.17, 15) is 4.79 Å². The van der Waals surface area contributed by atoms with Gasteiger partial charge in [0.2, 0.25) is 0 Å². The van der Waals surface area contributed by atoms with Crippen molar-refractivity contribution in [1.82, 2.24) is 4.90 Å². The average Bonchev–Trinajstić information content (AvgIpc) is 2.56. The molecule has 2 aromatic carbocycles. The topological polar surface area (TPSA) is 29.5 Å². The van der Waals surface area contributed by atoms with Crippen LogP contribution in [0.4, 0.5) is 0 Å². The highest BCUT2D eigenvalue weighted by Gasteiger charge is 2.18. The largest absolute Gasteiger partial charge is 0.361 e. The highest BCUT2D eigenvalue weighted by molar-refractivity contribution is 5.95. The molecule has 1 aliphatic heterocycles. The highest BCUT2D eigenvalue weighted by atomic mass is 16.5. The molecule has 0 bridgehead atoms. The van der Waals surface area contributed by atoms with Crippen molar-refractivity contribution in [3.8, 4) is 11.1 Å². The first-order valence-electron chi connectivity index (χ1n) is 6.87. The maximum atomic E-state index is 12.4. The minimum Gasteiger partial charge on any atom is -0.361 e. The molecule has 0 atom stereocenters. The second kappa shape index (κ2) is 5.88. The van der Waals surface area contributed by atoms with Crippen LogP contribution in [0.1, 0.15) is 16.8 Å². The quantitative estimate of drug-likeness (QED) is 0.836. The molecule has 1 amide bonds. The lowest BCUT2D eigenvalue weighted by atomic mass is 10.0. The van der Waals surface area contributed by atoms with Crippen LogP contribution >= 0.6 is 0 Å². The number of hydrogen-bond donors (Lipinski definition) is 0. The first-order chi connectivity index (χ1) is 9.84. The fraction of sp³-hybridized carbons (Fsp3) is 0.235. The predicted molar refractivity (Wildman–Crippen MR) is 78.4 cm³/mol. The van der Waals surface area contributed by atoms with Crippen LogP contribution in [0.25, 0.3) is 11.1 Å². The van der Waals surface area contributed by atoms with Gasteiger partial charge in [-0.1, -0.05) is 42.5 Å². The Morgan fingerprint density at radius 1 is 1.00 bits per heavy atom. The van der Waals surface area contributed by atoms with Crippen LogP contribution in [-0.4, -0.2) is 30.7 Å². The van der Waals surface area contributed by atoms with Crippen molar-refractivity contribution in [2.75, 3.05) is 19.9 Å². The zero-order valence-corrected chi connectivity index (χ0v) is 11.3. The maximum Gasteiger partial charge on any atom is 0.255 e. The molecule has 102 valence electrons. The summed E-state index contributed by atoms with van der Waals surface area (Å²) < 4.78 is 5.34. The Morgan fingerprint density at radius 2 is 1.80 bits per heavy atom. The van der Waals surface area contributed by atoms with Gasteiger partial charge in [-0.15, -0.1) is 0 Å². The summed E-state index contributed by atoms with van der Waals surface area (Å²) in [6.45, 7) is 1.91. The van der Waals surface area contributed by atoms with Crippen molar-refractivity contribution >= 4 is 5.91 Å². The van der Waals surface area contributed by atoms with E-state index in [1.807, 2.05) is 54.6 Å². The lowest BCUT2D eigenvalue weighted by Gasteiger charge is -2.26. The van der Waals surface area contributed by atoms with Gasteiger partial charge in [0.05, 0.1) is 6.61 Å². The Morgan fingerprint density at radius 3 is 2.55 bits per heavy atom. The van der Waals surface area contributed by atoms with Gasteiger partial charge < -0.3 is 9.64 Å². The molecule has 0 N–H and O–H groups in total. The van der Waals surface area contributed by atoms with Crippen LogP contribution in [0.2, 0.25) is 0 Å². The smallest absolute Gasteiger partial charge is 0.255 e. The molecule has 1 saturated heterocycles. The molecule has 0 unspecified atom stereocenters. The molecule has 1 aliphatic rings. The normalized spacial score (nSPS) is 15.1. The Hall–Kier alpha value is -2.13. The van der Waals surface area contributed by atoms with E-state index in [0.29, 0.717) is 6.73 Å². The van der Waals surface area contributed by atoms with Crippen LogP contribution in [0.3, 0.4) is 0 Å². The van der Waals surface area contributed by atoms with Crippen LogP contribution in [0.15, 0.2) is 54.6 Å². The molecule has 1 fully saturated rings. The third-order valence-corrected chi connectivity index (χ3v) is 3.47. The van der Waals surface area contributed by atoms with Crippen molar-refractivity contribution in [3.05, 3.63) is 60.2 Å². The average molecular weight is 267 g/mol. The minimum atomic E-state index is 0.0440. The van der Waals surface area contributed by atoms with E-state index in [1.165, 1.54) is 0 Å². The summed E-state index contributed by atoms with van der Waals surface area (Å²) in [5.41, 5.74) is 2.91. The molecule has 2 aromatic rings. The fourth-order valence-electron chi connectivity index (χ4n) is 2.40. The summed E-state index contributed by atoms with van der Waals surface area (Å²) >= 11 is 0. The number of carbonyl (C=O) groups is 1. The number of benzene rings is 2. The Bertz CT molecular complexity index is 589. The first-order valence-corrected chi connectivity index (χ1v) is 6.87. The number of hydrogen-bond acceptors (Lipinski definition) is 2. The van der Waals surface area contributed by atoms with E-state index < -0.39 is 0 Å². The van der Waals surface area contributed by atoms with Crippen molar-refractivity contribution < 1.29 is 9.53 Å². The molecule has 0 aliphatic carbocycles. The minimum absolute atomic E-state index is 0.0440. The zero-order chi connectivity index (χ0) is 13.8. The second-order valence-corrected chi connectivity index (χ2v) is 4.91. The monoisotopic (exact) mass is 267 g/mol. The van der Waals surface area contributed by atoms with Crippen LogP contribution in [0, 0.1) is 0 Å². The third kappa shape index (κ3) is 2.73. The summed E-state index contributed by atoms with van der Waals surface area (Å²) in [7, 11) is 0. The molecule has 3 nitrogen and oxygen atoms in total. The van der Waals surface area contributed by atoms with Gasteiger partial charge in [-0.05, 0) is 29.7 Å². The molecule has 0 spiro atoms. The number of rotatable bonds is 2. The fourth-order valence-corrected chi connectivity index (χ4v) is 2.40. The summed E-state index contributed by atoms with van der Waals surface area (Å²) in [6, 6.07) is 17.9. The van der Waals surface area contributed by atoms with Gasteiger partial charge in [-0.3, -0.25) is 4.79 Å². The highest BCUT2D eigenvalue weighted by Crippen LogP contribution is 2.21. The summed E-state index contributed by atoms with van der Waals surface area (Å²) in [6.07, 6.45) is 0.907. The molecule has 3 rings (SSSR count). The molecule has 0 saturated carbocycles. The molecule has 1 heterocycles. The van der Waals surface area contributed by atoms with Crippen LogP contribution < -0.4 is 0 Å². The zero-order valence-electron chi connectivity index (χ0n) is 11.3. The first kappa shape index (κ1) is 12.9. The van der Waals surface area contributed by atoms with Crippen molar-refractivity contribution in [2.45, 2.75) is 6.42 Å². The van der Waals surface area contributed by atoms with E-state index in [1.54, 1.807) is 4.90 Å². The van der Waals surface area contributed by atoms with Gasteiger partial charge in [0.25, 0.3) is 5.91 Å². The van der Waals surface area contributed by atoms with Crippen molar-refractivity contribution in [1.29, 1.82) is 0 Å². The van der Waals surface area contributed by atoms with Gasteiger partial charge in [-0.2, -0.15) is 0 Å². The molecular weight excluding hydrogens is 250 g/mol. The molecule has 3 heteroatoms. The third-order valence-electron chi connectivity index (χ3n) is 3.47. The Labute approximate surface area is 118 Å². The predicted octanol–water partition coefficient (Wildman–Crippen LogP) is 3.17. The number of ether oxygens (including phenoxy) is 1. The number of nitrogens with zero attached hydrogens (tertiary/aromatic N) is 1. The Kier molecular flexibility index (Phi) is 3.79. The molecule has 20 heavy (non-hydrogen) atoms. The van der Waals surface area contributed by atoms with Gasteiger partial charge >= 0.3 is 0 Å². The summed E-state index contributed by atoms with van der Waals surface area (Å²) in [5, 5.41) is 0. The van der Waals surface area contributed by atoms with E-state index in [2.05, 4.69) is 0 Å². The number of amides is 1. The van der Waals surface area contributed by atoms with Crippen molar-refractivity contribution in [2.24, 2.45) is 0 Å². The summed E-state index contributed by atoms with van der Waals surface area (Å²) in [4.78, 5) is 14.2. The summed E-state index contributed by atoms with van der Waals surface area (Å²) in [5.74, 6) is 0.0440. The van der Waals surface area contributed by atoms with Gasteiger partial charge in [-0.25, -0.2) is 0 Å². The molecular formula is C17H17NO2. The van der Waals surface area contributed by atoms with E-state index in [-0.39, 0.29) is 5.91 Å². The lowest BCUT2D eigenvalue weighted by molar-refractivity contribution is -0.00570. The Balaban J connectivity index is 1.85. The maximum absolute atomic E-state index is 12.4. The van der Waals surface area contributed by atoms with Crippen LogP contribution in [0.5, 0.6) is 0 Å². The molecule has 0 radical (unpaired) electrons. The SMILES string of the molecule is O=C(c1cccc(-c2ccccc2)c1)N1CCCOC1.